The second-order valence-corrected chi connectivity index (χ2v) is 5.66. The van der Waals surface area contributed by atoms with Gasteiger partial charge in [-0.05, 0) is 18.1 Å². The van der Waals surface area contributed by atoms with Crippen LogP contribution in [-0.2, 0) is 0 Å². The lowest BCUT2D eigenvalue weighted by molar-refractivity contribution is 0.0995. The Hall–Kier alpha value is -1.82. The molecule has 0 aliphatic carbocycles. The van der Waals surface area contributed by atoms with Crippen LogP contribution in [-0.4, -0.2) is 48.5 Å². The van der Waals surface area contributed by atoms with Crippen LogP contribution in [0.3, 0.4) is 0 Å². The first-order valence-electron chi connectivity index (χ1n) is 7.01. The second-order valence-electron chi connectivity index (χ2n) is 5.66. The second kappa shape index (κ2) is 6.09. The molecule has 1 amide bonds. The van der Waals surface area contributed by atoms with Crippen LogP contribution < -0.4 is 16.4 Å². The van der Waals surface area contributed by atoms with Crippen LogP contribution in [0.15, 0.2) is 12.1 Å². The van der Waals surface area contributed by atoms with Gasteiger partial charge >= 0.3 is 0 Å². The molecule has 6 nitrogen and oxygen atoms in total. The molecule has 0 saturated carbocycles. The molecule has 110 valence electrons. The summed E-state index contributed by atoms with van der Waals surface area (Å²) in [6, 6.07) is 3.26. The molecule has 6 heteroatoms. The molecule has 4 N–H and O–H groups in total. The van der Waals surface area contributed by atoms with E-state index in [1.54, 1.807) is 12.1 Å². The molecule has 0 spiro atoms. The van der Waals surface area contributed by atoms with Crippen molar-refractivity contribution in [2.75, 3.05) is 43.4 Å². The molecular formula is C14H23N5O. The molecule has 1 aliphatic heterocycles. The minimum Gasteiger partial charge on any atom is -0.396 e. The van der Waals surface area contributed by atoms with E-state index in [-0.39, 0.29) is 5.69 Å². The third-order valence-electron chi connectivity index (χ3n) is 3.45. The number of hydrogen-bond donors (Lipinski definition) is 2. The van der Waals surface area contributed by atoms with Crippen LogP contribution in [0.5, 0.6) is 0 Å². The summed E-state index contributed by atoms with van der Waals surface area (Å²) < 4.78 is 0. The highest BCUT2D eigenvalue weighted by atomic mass is 16.1. The van der Waals surface area contributed by atoms with Crippen LogP contribution in [0.1, 0.15) is 24.3 Å². The number of carbonyl (C=O) groups is 1. The van der Waals surface area contributed by atoms with Crippen LogP contribution in [0.25, 0.3) is 0 Å². The number of piperazine rings is 1. The van der Waals surface area contributed by atoms with Crippen molar-refractivity contribution >= 4 is 17.4 Å². The van der Waals surface area contributed by atoms with Gasteiger partial charge in [0.2, 0.25) is 0 Å². The first kappa shape index (κ1) is 14.6. The van der Waals surface area contributed by atoms with E-state index in [4.69, 9.17) is 11.5 Å². The molecule has 20 heavy (non-hydrogen) atoms. The number of carbonyl (C=O) groups excluding carboxylic acids is 1. The highest BCUT2D eigenvalue weighted by molar-refractivity contribution is 5.91. The first-order chi connectivity index (χ1) is 9.47. The van der Waals surface area contributed by atoms with Crippen molar-refractivity contribution in [1.29, 1.82) is 0 Å². The third-order valence-corrected chi connectivity index (χ3v) is 3.45. The SMILES string of the molecule is CC(C)CN1CCN(c2nc(C(N)=O)ccc2N)CC1. The largest absolute Gasteiger partial charge is 0.396 e. The molecule has 2 heterocycles. The standard InChI is InChI=1S/C14H23N5O/c1-10(2)9-18-5-7-19(8-6-18)14-11(15)3-4-12(17-14)13(16)20/h3-4,10H,5-9,15H2,1-2H3,(H2,16,20). The monoisotopic (exact) mass is 277 g/mol. The van der Waals surface area contributed by atoms with Crippen molar-refractivity contribution in [3.63, 3.8) is 0 Å². The smallest absolute Gasteiger partial charge is 0.267 e. The molecule has 1 fully saturated rings. The molecule has 2 rings (SSSR count). The predicted molar refractivity (Wildman–Crippen MR) is 80.7 cm³/mol. The van der Waals surface area contributed by atoms with Gasteiger partial charge in [-0.3, -0.25) is 9.69 Å². The molecular weight excluding hydrogens is 254 g/mol. The van der Waals surface area contributed by atoms with Crippen molar-refractivity contribution < 1.29 is 4.79 Å². The van der Waals surface area contributed by atoms with Gasteiger partial charge in [-0.25, -0.2) is 4.98 Å². The Morgan fingerprint density at radius 3 is 2.50 bits per heavy atom. The Balaban J connectivity index is 2.06. The Morgan fingerprint density at radius 1 is 1.30 bits per heavy atom. The van der Waals surface area contributed by atoms with E-state index in [2.05, 4.69) is 28.6 Å². The highest BCUT2D eigenvalue weighted by Gasteiger charge is 2.20. The fourth-order valence-electron chi connectivity index (χ4n) is 2.51. The summed E-state index contributed by atoms with van der Waals surface area (Å²) in [5.41, 5.74) is 12.1. The Labute approximate surface area is 119 Å². The summed E-state index contributed by atoms with van der Waals surface area (Å²) in [4.78, 5) is 20.1. The number of nitrogens with zero attached hydrogens (tertiary/aromatic N) is 3. The zero-order valence-corrected chi connectivity index (χ0v) is 12.2. The number of amides is 1. The number of pyridine rings is 1. The summed E-state index contributed by atoms with van der Waals surface area (Å²) in [6.07, 6.45) is 0. The zero-order valence-electron chi connectivity index (χ0n) is 12.2. The lowest BCUT2D eigenvalue weighted by atomic mass is 10.2. The maximum atomic E-state index is 11.2. The van der Waals surface area contributed by atoms with E-state index in [9.17, 15) is 4.79 Å². The number of hydrogen-bond acceptors (Lipinski definition) is 5. The van der Waals surface area contributed by atoms with Crippen LogP contribution >= 0.6 is 0 Å². The number of anilines is 2. The van der Waals surface area contributed by atoms with Crippen molar-refractivity contribution in [2.24, 2.45) is 11.7 Å². The number of aromatic nitrogens is 1. The van der Waals surface area contributed by atoms with Gasteiger partial charge in [0.1, 0.15) is 5.69 Å². The summed E-state index contributed by atoms with van der Waals surface area (Å²) in [5.74, 6) is 0.818. The molecule has 0 bridgehead atoms. The molecule has 0 radical (unpaired) electrons. The van der Waals surface area contributed by atoms with E-state index in [1.807, 2.05) is 0 Å². The number of nitrogen functional groups attached to an aromatic ring is 1. The molecule has 0 aromatic carbocycles. The molecule has 1 aliphatic rings. The molecule has 1 aromatic heterocycles. The quantitative estimate of drug-likeness (QED) is 0.838. The normalized spacial score (nSPS) is 16.6. The van der Waals surface area contributed by atoms with Gasteiger partial charge in [-0.15, -0.1) is 0 Å². The predicted octanol–water partition coefficient (Wildman–Crippen LogP) is 0.541. The maximum absolute atomic E-state index is 11.2. The van der Waals surface area contributed by atoms with Gasteiger partial charge < -0.3 is 16.4 Å². The van der Waals surface area contributed by atoms with E-state index < -0.39 is 5.91 Å². The van der Waals surface area contributed by atoms with E-state index >= 15 is 0 Å². The number of primary amides is 1. The van der Waals surface area contributed by atoms with Crippen molar-refractivity contribution in [1.82, 2.24) is 9.88 Å². The minimum atomic E-state index is -0.523. The van der Waals surface area contributed by atoms with E-state index in [1.165, 1.54) is 0 Å². The average Bonchev–Trinajstić information content (AvgIpc) is 2.39. The Kier molecular flexibility index (Phi) is 4.44. The van der Waals surface area contributed by atoms with Crippen LogP contribution in [0, 0.1) is 5.92 Å². The van der Waals surface area contributed by atoms with Crippen molar-refractivity contribution in [3.05, 3.63) is 17.8 Å². The maximum Gasteiger partial charge on any atom is 0.267 e. The van der Waals surface area contributed by atoms with Crippen LogP contribution in [0.2, 0.25) is 0 Å². The van der Waals surface area contributed by atoms with E-state index in [0.717, 1.165) is 32.7 Å². The minimum absolute atomic E-state index is 0.263. The van der Waals surface area contributed by atoms with Crippen molar-refractivity contribution in [3.8, 4) is 0 Å². The number of rotatable bonds is 4. The van der Waals surface area contributed by atoms with Gasteiger partial charge in [0, 0.05) is 32.7 Å². The van der Waals surface area contributed by atoms with Crippen LogP contribution in [0.4, 0.5) is 11.5 Å². The molecule has 1 aromatic rings. The average molecular weight is 277 g/mol. The Bertz CT molecular complexity index is 480. The molecule has 0 atom stereocenters. The fourth-order valence-corrected chi connectivity index (χ4v) is 2.51. The first-order valence-corrected chi connectivity index (χ1v) is 7.01. The topological polar surface area (TPSA) is 88.5 Å². The Morgan fingerprint density at radius 2 is 1.95 bits per heavy atom. The van der Waals surface area contributed by atoms with Gasteiger partial charge in [0.15, 0.2) is 5.82 Å². The summed E-state index contributed by atoms with van der Waals surface area (Å²) in [7, 11) is 0. The highest BCUT2D eigenvalue weighted by Crippen LogP contribution is 2.22. The lowest BCUT2D eigenvalue weighted by Crippen LogP contribution is -2.48. The number of nitrogens with two attached hydrogens (primary N) is 2. The van der Waals surface area contributed by atoms with Gasteiger partial charge in [-0.1, -0.05) is 13.8 Å². The third kappa shape index (κ3) is 3.39. The zero-order chi connectivity index (χ0) is 14.7. The fraction of sp³-hybridized carbons (Fsp3) is 0.571. The lowest BCUT2D eigenvalue weighted by Gasteiger charge is -2.36. The van der Waals surface area contributed by atoms with Gasteiger partial charge in [-0.2, -0.15) is 0 Å². The van der Waals surface area contributed by atoms with E-state index in [0.29, 0.717) is 17.4 Å². The van der Waals surface area contributed by atoms with Gasteiger partial charge in [0.05, 0.1) is 5.69 Å². The van der Waals surface area contributed by atoms with Gasteiger partial charge in [0.25, 0.3) is 5.91 Å². The molecule has 0 unspecified atom stereocenters. The summed E-state index contributed by atoms with van der Waals surface area (Å²) in [6.45, 7) is 9.26. The summed E-state index contributed by atoms with van der Waals surface area (Å²) >= 11 is 0. The van der Waals surface area contributed by atoms with Crippen molar-refractivity contribution in [2.45, 2.75) is 13.8 Å². The summed E-state index contributed by atoms with van der Waals surface area (Å²) in [5, 5.41) is 0. The molecule has 1 saturated heterocycles.